The highest BCUT2D eigenvalue weighted by Crippen LogP contribution is 2.41. The highest BCUT2D eigenvalue weighted by atomic mass is 19.4. The van der Waals surface area contributed by atoms with E-state index in [2.05, 4.69) is 22.1 Å². The average molecular weight is 514 g/mol. The van der Waals surface area contributed by atoms with Gasteiger partial charge in [-0.3, -0.25) is 9.69 Å². The molecule has 8 heteroatoms. The first-order valence-electron chi connectivity index (χ1n) is 13.2. The molecule has 3 aliphatic rings. The number of alkyl halides is 3. The van der Waals surface area contributed by atoms with Crippen LogP contribution in [0.2, 0.25) is 0 Å². The summed E-state index contributed by atoms with van der Waals surface area (Å²) in [7, 11) is 1.68. The summed E-state index contributed by atoms with van der Waals surface area (Å²) in [6, 6.07) is 9.19. The number of hydrogen-bond acceptors (Lipinski definition) is 4. The second kappa shape index (κ2) is 10.5. The first kappa shape index (κ1) is 25.8. The molecule has 1 aromatic heterocycles. The van der Waals surface area contributed by atoms with Crippen LogP contribution < -0.4 is 10.1 Å². The molecule has 2 aliphatic carbocycles. The number of halogens is 3. The summed E-state index contributed by atoms with van der Waals surface area (Å²) in [6.45, 7) is 4.59. The number of carbonyl (C=O) groups excluding carboxylic acids is 1. The third-order valence-corrected chi connectivity index (χ3v) is 8.13. The van der Waals surface area contributed by atoms with Gasteiger partial charge in [0.05, 0.1) is 11.6 Å². The fourth-order valence-electron chi connectivity index (χ4n) is 5.97. The Balaban J connectivity index is 1.24. The number of aromatic nitrogens is 1. The molecule has 1 N–H and O–H groups in total. The fraction of sp³-hybridized carbons (Fsp3) is 0.517. The molecule has 198 valence electrons. The number of fused-ring (bicyclic) bond motifs is 1. The molecule has 1 aliphatic heterocycles. The molecule has 1 amide bonds. The Kier molecular flexibility index (Phi) is 7.30. The first-order valence-corrected chi connectivity index (χ1v) is 13.2. The van der Waals surface area contributed by atoms with Gasteiger partial charge in [-0.05, 0) is 79.0 Å². The number of allylic oxidation sites excluding steroid dienone is 1. The van der Waals surface area contributed by atoms with Crippen molar-refractivity contribution in [3.05, 3.63) is 64.0 Å². The molecule has 1 saturated carbocycles. The molecule has 0 radical (unpaired) electrons. The summed E-state index contributed by atoms with van der Waals surface area (Å²) in [5.74, 6) is 0.779. The summed E-state index contributed by atoms with van der Waals surface area (Å²) in [6.07, 6.45) is 0.886. The quantitative estimate of drug-likeness (QED) is 0.514. The highest BCUT2D eigenvalue weighted by molar-refractivity contribution is 5.79. The summed E-state index contributed by atoms with van der Waals surface area (Å²) < 4.78 is 47.1. The number of hydrogen-bond donors (Lipinski definition) is 1. The Morgan fingerprint density at radius 2 is 1.89 bits per heavy atom. The molecule has 5 rings (SSSR count). The zero-order valence-electron chi connectivity index (χ0n) is 21.5. The van der Waals surface area contributed by atoms with E-state index >= 15 is 0 Å². The normalized spacial score (nSPS) is 19.1. The van der Waals surface area contributed by atoms with E-state index in [0.29, 0.717) is 11.3 Å². The maximum Gasteiger partial charge on any atom is 0.433 e. The smallest absolute Gasteiger partial charge is 0.433 e. The maximum atomic E-state index is 13.7. The molecular weight excluding hydrogens is 479 g/mol. The molecule has 2 fully saturated rings. The molecule has 0 unspecified atom stereocenters. The van der Waals surface area contributed by atoms with Gasteiger partial charge in [-0.25, -0.2) is 4.98 Å². The van der Waals surface area contributed by atoms with Gasteiger partial charge in [0, 0.05) is 26.7 Å². The second-order valence-corrected chi connectivity index (χ2v) is 10.6. The summed E-state index contributed by atoms with van der Waals surface area (Å²) in [5.41, 5.74) is 4.88. The number of amides is 1. The number of benzene rings is 1. The molecule has 0 atom stereocenters. The lowest BCUT2D eigenvalue weighted by atomic mass is 9.85. The van der Waals surface area contributed by atoms with Gasteiger partial charge in [0.15, 0.2) is 0 Å². The van der Waals surface area contributed by atoms with Gasteiger partial charge in [0.25, 0.3) is 0 Å². The van der Waals surface area contributed by atoms with Crippen molar-refractivity contribution >= 4 is 11.5 Å². The van der Waals surface area contributed by atoms with E-state index in [0.717, 1.165) is 58.2 Å². The maximum absolute atomic E-state index is 13.7. The van der Waals surface area contributed by atoms with Crippen LogP contribution in [0.4, 0.5) is 13.2 Å². The van der Waals surface area contributed by atoms with Crippen LogP contribution in [0.25, 0.3) is 5.57 Å². The lowest BCUT2D eigenvalue weighted by molar-refractivity contribution is -0.142. The van der Waals surface area contributed by atoms with Crippen LogP contribution in [0.3, 0.4) is 0 Å². The molecule has 2 aromatic rings. The third-order valence-electron chi connectivity index (χ3n) is 8.13. The number of nitrogens with zero attached hydrogens (tertiary/aromatic N) is 2. The van der Waals surface area contributed by atoms with Gasteiger partial charge in [0.1, 0.15) is 18.1 Å². The lowest BCUT2D eigenvalue weighted by Gasteiger charge is -2.39. The average Bonchev–Trinajstić information content (AvgIpc) is 3.39. The van der Waals surface area contributed by atoms with Crippen LogP contribution in [0.15, 0.2) is 35.9 Å². The van der Waals surface area contributed by atoms with Crippen LogP contribution in [-0.2, 0) is 24.0 Å². The second-order valence-electron chi connectivity index (χ2n) is 10.6. The number of ether oxygens (including phenoxy) is 1. The fourth-order valence-corrected chi connectivity index (χ4v) is 5.97. The van der Waals surface area contributed by atoms with Crippen LogP contribution >= 0.6 is 0 Å². The molecule has 2 heterocycles. The van der Waals surface area contributed by atoms with Gasteiger partial charge in [-0.2, -0.15) is 13.2 Å². The van der Waals surface area contributed by atoms with Gasteiger partial charge in [0.2, 0.25) is 5.91 Å². The van der Waals surface area contributed by atoms with Crippen molar-refractivity contribution in [1.82, 2.24) is 15.2 Å². The predicted molar refractivity (Wildman–Crippen MR) is 136 cm³/mol. The Morgan fingerprint density at radius 1 is 1.14 bits per heavy atom. The number of pyridine rings is 1. The van der Waals surface area contributed by atoms with E-state index in [1.165, 1.54) is 22.3 Å². The van der Waals surface area contributed by atoms with Crippen molar-refractivity contribution in [3.63, 3.8) is 0 Å². The minimum atomic E-state index is -4.47. The minimum Gasteiger partial charge on any atom is -0.487 e. The Bertz CT molecular complexity index is 1200. The molecule has 1 saturated heterocycles. The van der Waals surface area contributed by atoms with Crippen molar-refractivity contribution < 1.29 is 22.7 Å². The van der Waals surface area contributed by atoms with Crippen molar-refractivity contribution in [2.24, 2.45) is 5.92 Å². The van der Waals surface area contributed by atoms with Gasteiger partial charge >= 0.3 is 6.18 Å². The number of nitrogens with one attached hydrogen (secondary N) is 1. The zero-order chi connectivity index (χ0) is 26.2. The topological polar surface area (TPSA) is 54.5 Å². The number of likely N-dealkylation sites (tertiary alicyclic amines) is 1. The number of rotatable bonds is 7. The van der Waals surface area contributed by atoms with E-state index in [1.807, 2.05) is 18.2 Å². The van der Waals surface area contributed by atoms with Crippen molar-refractivity contribution in [2.45, 2.75) is 64.1 Å². The monoisotopic (exact) mass is 513 g/mol. The van der Waals surface area contributed by atoms with Crippen molar-refractivity contribution in [1.29, 1.82) is 0 Å². The Labute approximate surface area is 216 Å². The van der Waals surface area contributed by atoms with Crippen molar-refractivity contribution in [3.8, 4) is 5.75 Å². The molecule has 0 bridgehead atoms. The van der Waals surface area contributed by atoms with Crippen LogP contribution in [-0.4, -0.2) is 42.5 Å². The molecular formula is C29H34F3N3O2. The van der Waals surface area contributed by atoms with E-state index < -0.39 is 11.9 Å². The van der Waals surface area contributed by atoms with Gasteiger partial charge in [-0.15, -0.1) is 0 Å². The molecule has 37 heavy (non-hydrogen) atoms. The first-order chi connectivity index (χ1) is 17.7. The van der Waals surface area contributed by atoms with E-state index in [-0.39, 0.29) is 30.0 Å². The van der Waals surface area contributed by atoms with Crippen LogP contribution in [0, 0.1) is 5.92 Å². The predicted octanol–water partition coefficient (Wildman–Crippen LogP) is 5.73. The van der Waals surface area contributed by atoms with E-state index in [1.54, 1.807) is 19.2 Å². The number of carbonyl (C=O) groups is 1. The number of aryl methyl sites for hydroxylation is 1. The largest absolute Gasteiger partial charge is 0.487 e. The third kappa shape index (κ3) is 5.54. The van der Waals surface area contributed by atoms with Crippen LogP contribution in [0.5, 0.6) is 5.75 Å². The van der Waals surface area contributed by atoms with Gasteiger partial charge < -0.3 is 10.1 Å². The molecule has 1 aromatic carbocycles. The van der Waals surface area contributed by atoms with E-state index in [4.69, 9.17) is 4.74 Å². The minimum absolute atomic E-state index is 0.00561. The summed E-state index contributed by atoms with van der Waals surface area (Å²) in [5, 5.41) is 2.72. The SMILES string of the molecule is CNC(=O)C1CN(CC2=C(C)c3ccc(OCc4ccc(C5CCCC5)c(C(F)(F)F)n4)cc3CC2)C1. The zero-order valence-corrected chi connectivity index (χ0v) is 21.5. The summed E-state index contributed by atoms with van der Waals surface area (Å²) >= 11 is 0. The molecule has 5 nitrogen and oxygen atoms in total. The Morgan fingerprint density at radius 3 is 2.59 bits per heavy atom. The Hall–Kier alpha value is -2.87. The molecule has 0 spiro atoms. The van der Waals surface area contributed by atoms with E-state index in [9.17, 15) is 18.0 Å². The van der Waals surface area contributed by atoms with Gasteiger partial charge in [-0.1, -0.05) is 30.5 Å². The summed E-state index contributed by atoms with van der Waals surface area (Å²) in [4.78, 5) is 18.0. The van der Waals surface area contributed by atoms with Crippen molar-refractivity contribution in [2.75, 3.05) is 26.7 Å². The highest BCUT2D eigenvalue weighted by Gasteiger charge is 2.38. The lowest BCUT2D eigenvalue weighted by Crippen LogP contribution is -2.53. The van der Waals surface area contributed by atoms with Crippen LogP contribution in [0.1, 0.15) is 73.0 Å². The standard InChI is InChI=1S/C29H34F3N3O2/c1-18-21(14-35-15-22(16-35)28(36)33-2)8-7-20-13-24(10-12-25(18)20)37-17-23-9-11-26(19-5-3-4-6-19)27(34-23)29(30,31)32/h9-13,19,22H,3-8,14-17H2,1-2H3,(H,33,36).